The predicted molar refractivity (Wildman–Crippen MR) is 58.5 cm³/mol. The van der Waals surface area contributed by atoms with Crippen molar-refractivity contribution in [2.24, 2.45) is 5.92 Å². The van der Waals surface area contributed by atoms with Gasteiger partial charge in [0.2, 0.25) is 0 Å². The van der Waals surface area contributed by atoms with Gasteiger partial charge in [-0.1, -0.05) is 26.5 Å². The third kappa shape index (κ3) is 4.74. The van der Waals surface area contributed by atoms with Crippen molar-refractivity contribution < 1.29 is 14.3 Å². The summed E-state index contributed by atoms with van der Waals surface area (Å²) < 4.78 is 4.78. The van der Waals surface area contributed by atoms with Crippen LogP contribution >= 0.6 is 0 Å². The molecule has 0 aromatic heterocycles. The molecule has 1 saturated heterocycles. The van der Waals surface area contributed by atoms with Gasteiger partial charge in [-0.05, 0) is 0 Å². The van der Waals surface area contributed by atoms with Gasteiger partial charge in [0, 0.05) is 19.5 Å². The fourth-order valence-corrected chi connectivity index (χ4v) is 1.20. The smallest absolute Gasteiger partial charge is 0.318 e. The van der Waals surface area contributed by atoms with Gasteiger partial charge in [-0.3, -0.25) is 9.59 Å². The number of ketones is 1. The van der Waals surface area contributed by atoms with Crippen LogP contribution in [0.25, 0.3) is 0 Å². The number of Topliss-reactive ketones (excluding diaryl/α,β-unsaturated/α-hetero) is 1. The first-order chi connectivity index (χ1) is 7.25. The third-order valence-corrected chi connectivity index (χ3v) is 1.91. The first-order valence-corrected chi connectivity index (χ1v) is 5.26. The van der Waals surface area contributed by atoms with Gasteiger partial charge in [-0.25, -0.2) is 0 Å². The van der Waals surface area contributed by atoms with Gasteiger partial charge in [-0.15, -0.1) is 0 Å². The maximum absolute atomic E-state index is 11.2. The molecule has 1 atom stereocenters. The van der Waals surface area contributed by atoms with Crippen molar-refractivity contribution in [1.82, 2.24) is 5.32 Å². The molecule has 4 heteroatoms. The molecular weight excluding hydrogens is 194 g/mol. The summed E-state index contributed by atoms with van der Waals surface area (Å²) in [6, 6.07) is 0. The maximum atomic E-state index is 11.2. The van der Waals surface area contributed by atoms with Crippen molar-refractivity contribution in [3.8, 4) is 0 Å². The van der Waals surface area contributed by atoms with E-state index in [1.54, 1.807) is 0 Å². The second-order valence-corrected chi connectivity index (χ2v) is 2.89. The lowest BCUT2D eigenvalue weighted by atomic mass is 9.98. The Balaban J connectivity index is 0.000000921. The van der Waals surface area contributed by atoms with Crippen molar-refractivity contribution in [3.63, 3.8) is 0 Å². The minimum atomic E-state index is -0.617. The number of hydrogen-bond acceptors (Lipinski definition) is 4. The van der Waals surface area contributed by atoms with E-state index < -0.39 is 11.9 Å². The number of nitrogens with one attached hydrogen (secondary N) is 1. The predicted octanol–water partition coefficient (Wildman–Crippen LogP) is 0.920. The minimum absolute atomic E-state index is 0.0344. The highest BCUT2D eigenvalue weighted by Crippen LogP contribution is 2.07. The highest BCUT2D eigenvalue weighted by atomic mass is 16.5. The zero-order valence-electron chi connectivity index (χ0n) is 9.41. The molecule has 15 heavy (non-hydrogen) atoms. The molecule has 1 rings (SSSR count). The zero-order valence-corrected chi connectivity index (χ0v) is 9.41. The number of piperidine rings is 1. The lowest BCUT2D eigenvalue weighted by molar-refractivity contribution is -0.151. The van der Waals surface area contributed by atoms with Crippen molar-refractivity contribution in [2.45, 2.75) is 20.3 Å². The molecule has 0 bridgehead atoms. The molecule has 0 aromatic carbocycles. The molecule has 1 unspecified atom stereocenters. The second kappa shape index (κ2) is 8.17. The lowest BCUT2D eigenvalue weighted by Gasteiger charge is -2.19. The molecule has 1 aliphatic heterocycles. The molecular formula is C11H19NO3. The Morgan fingerprint density at radius 1 is 1.67 bits per heavy atom. The van der Waals surface area contributed by atoms with Crippen molar-refractivity contribution in [3.05, 3.63) is 12.7 Å². The summed E-state index contributed by atoms with van der Waals surface area (Å²) in [6.45, 7) is 8.64. The van der Waals surface area contributed by atoms with Gasteiger partial charge >= 0.3 is 5.97 Å². The van der Waals surface area contributed by atoms with Gasteiger partial charge in [0.1, 0.15) is 18.3 Å². The molecule has 1 heterocycles. The largest absolute Gasteiger partial charge is 0.461 e. The van der Waals surface area contributed by atoms with Crippen LogP contribution in [0, 0.1) is 5.92 Å². The Kier molecular flexibility index (Phi) is 7.54. The SMILES string of the molecule is C=CCOC(=O)C1CNCCC1=O.CC. The minimum Gasteiger partial charge on any atom is -0.461 e. The molecule has 1 aliphatic rings. The number of esters is 1. The van der Waals surface area contributed by atoms with E-state index in [4.69, 9.17) is 4.74 Å². The molecule has 0 radical (unpaired) electrons. The van der Waals surface area contributed by atoms with Gasteiger partial charge in [0.15, 0.2) is 0 Å². The van der Waals surface area contributed by atoms with Crippen LogP contribution in [-0.4, -0.2) is 31.4 Å². The summed E-state index contributed by atoms with van der Waals surface area (Å²) in [5, 5.41) is 2.98. The molecule has 0 aromatic rings. The summed E-state index contributed by atoms with van der Waals surface area (Å²) in [4.78, 5) is 22.5. The number of hydrogen-bond donors (Lipinski definition) is 1. The Bertz CT molecular complexity index is 226. The topological polar surface area (TPSA) is 55.4 Å². The van der Waals surface area contributed by atoms with Crippen LogP contribution in [0.5, 0.6) is 0 Å². The first kappa shape index (κ1) is 13.8. The van der Waals surface area contributed by atoms with Gasteiger partial charge < -0.3 is 10.1 Å². The number of rotatable bonds is 3. The fraction of sp³-hybridized carbons (Fsp3) is 0.636. The van der Waals surface area contributed by atoms with Gasteiger partial charge in [-0.2, -0.15) is 0 Å². The Morgan fingerprint density at radius 3 is 2.87 bits per heavy atom. The molecule has 1 fully saturated rings. The summed E-state index contributed by atoms with van der Waals surface area (Å²) >= 11 is 0. The average Bonchev–Trinajstić information content (AvgIpc) is 2.29. The van der Waals surface area contributed by atoms with E-state index in [9.17, 15) is 9.59 Å². The number of carbonyl (C=O) groups is 2. The third-order valence-electron chi connectivity index (χ3n) is 1.91. The second-order valence-electron chi connectivity index (χ2n) is 2.89. The molecule has 4 nitrogen and oxygen atoms in total. The van der Waals surface area contributed by atoms with Crippen LogP contribution in [0.2, 0.25) is 0 Å². The quantitative estimate of drug-likeness (QED) is 0.430. The molecule has 0 aliphatic carbocycles. The summed E-state index contributed by atoms with van der Waals surface area (Å²) in [6.07, 6.45) is 1.90. The van der Waals surface area contributed by atoms with E-state index in [1.165, 1.54) is 6.08 Å². The Labute approximate surface area is 90.7 Å². The monoisotopic (exact) mass is 213 g/mol. The Morgan fingerprint density at radius 2 is 2.33 bits per heavy atom. The van der Waals surface area contributed by atoms with E-state index in [-0.39, 0.29) is 12.4 Å². The molecule has 0 amide bonds. The van der Waals surface area contributed by atoms with E-state index >= 15 is 0 Å². The zero-order chi connectivity index (χ0) is 11.7. The van der Waals surface area contributed by atoms with Crippen LogP contribution in [0.15, 0.2) is 12.7 Å². The van der Waals surface area contributed by atoms with E-state index in [1.807, 2.05) is 13.8 Å². The maximum Gasteiger partial charge on any atom is 0.318 e. The van der Waals surface area contributed by atoms with Crippen LogP contribution < -0.4 is 5.32 Å². The van der Waals surface area contributed by atoms with Crippen molar-refractivity contribution in [2.75, 3.05) is 19.7 Å². The first-order valence-electron chi connectivity index (χ1n) is 5.26. The summed E-state index contributed by atoms with van der Waals surface area (Å²) in [5.74, 6) is -1.10. The van der Waals surface area contributed by atoms with Crippen LogP contribution in [0.3, 0.4) is 0 Å². The molecule has 1 N–H and O–H groups in total. The standard InChI is InChI=1S/C9H13NO3.C2H6/c1-2-5-13-9(12)7-6-10-4-3-8(7)11;1-2/h2,7,10H,1,3-6H2;1-2H3. The van der Waals surface area contributed by atoms with Crippen LogP contribution in [0.1, 0.15) is 20.3 Å². The van der Waals surface area contributed by atoms with E-state index in [0.29, 0.717) is 19.5 Å². The Hall–Kier alpha value is -1.16. The highest BCUT2D eigenvalue weighted by molar-refractivity contribution is 5.99. The van der Waals surface area contributed by atoms with Gasteiger partial charge in [0.05, 0.1) is 0 Å². The number of ether oxygens (including phenoxy) is 1. The summed E-state index contributed by atoms with van der Waals surface area (Å²) in [7, 11) is 0. The van der Waals surface area contributed by atoms with Crippen LogP contribution in [0.4, 0.5) is 0 Å². The van der Waals surface area contributed by atoms with Crippen molar-refractivity contribution in [1.29, 1.82) is 0 Å². The van der Waals surface area contributed by atoms with Crippen molar-refractivity contribution >= 4 is 11.8 Å². The normalized spacial score (nSPS) is 19.9. The van der Waals surface area contributed by atoms with E-state index in [0.717, 1.165) is 0 Å². The number of carbonyl (C=O) groups excluding carboxylic acids is 2. The molecule has 86 valence electrons. The lowest BCUT2D eigenvalue weighted by Crippen LogP contribution is -2.41. The molecule has 0 spiro atoms. The van der Waals surface area contributed by atoms with E-state index in [2.05, 4.69) is 11.9 Å². The average molecular weight is 213 g/mol. The molecule has 0 saturated carbocycles. The fourth-order valence-electron chi connectivity index (χ4n) is 1.20. The highest BCUT2D eigenvalue weighted by Gasteiger charge is 2.29. The van der Waals surface area contributed by atoms with Crippen LogP contribution in [-0.2, 0) is 14.3 Å². The van der Waals surface area contributed by atoms with Gasteiger partial charge in [0.25, 0.3) is 0 Å². The summed E-state index contributed by atoms with van der Waals surface area (Å²) in [5.41, 5.74) is 0.